The molecule has 0 aliphatic heterocycles. The van der Waals surface area contributed by atoms with Crippen LogP contribution in [0.25, 0.3) is 0 Å². The van der Waals surface area contributed by atoms with Gasteiger partial charge >= 0.3 is 11.9 Å². The number of isocyanates is 2. The molecule has 0 aromatic rings. The summed E-state index contributed by atoms with van der Waals surface area (Å²) in [5.74, 6) is -2.27. The normalized spacial score (nSPS) is 11.3. The molecule has 24 heavy (non-hydrogen) atoms. The van der Waals surface area contributed by atoms with Crippen LogP contribution in [0.3, 0.4) is 0 Å². The van der Waals surface area contributed by atoms with Crippen molar-refractivity contribution in [3.05, 3.63) is 23.3 Å². The van der Waals surface area contributed by atoms with Gasteiger partial charge in [-0.25, -0.2) is 29.2 Å². The fourth-order valence-corrected chi connectivity index (χ4v) is 2.00. The van der Waals surface area contributed by atoms with Crippen molar-refractivity contribution in [3.8, 4) is 0 Å². The van der Waals surface area contributed by atoms with Crippen LogP contribution in [-0.2, 0) is 19.2 Å². The van der Waals surface area contributed by atoms with E-state index in [1.54, 1.807) is 0 Å². The van der Waals surface area contributed by atoms with E-state index in [4.69, 9.17) is 5.11 Å². The third kappa shape index (κ3) is 10.8. The minimum atomic E-state index is -1.16. The van der Waals surface area contributed by atoms with Crippen LogP contribution in [0.5, 0.6) is 0 Å². The van der Waals surface area contributed by atoms with Gasteiger partial charge in [0.05, 0.1) is 13.1 Å². The van der Waals surface area contributed by atoms with Crippen LogP contribution in [0, 0.1) is 0 Å². The van der Waals surface area contributed by atoms with E-state index in [0.717, 1.165) is 6.08 Å². The SMILES string of the molecule is O=C=NCCCCC(C=CC(=O)O)=C(CCCCN=C=O)C(=O)O. The number of nitrogens with zero attached hydrogens (tertiary/aromatic N) is 2. The zero-order valence-electron chi connectivity index (χ0n) is 13.2. The van der Waals surface area contributed by atoms with Crippen LogP contribution in [0.1, 0.15) is 38.5 Å². The number of unbranched alkanes of at least 4 members (excludes halogenated alkanes) is 2. The number of carboxylic acids is 2. The van der Waals surface area contributed by atoms with E-state index in [0.29, 0.717) is 44.2 Å². The third-order valence-corrected chi connectivity index (χ3v) is 3.11. The molecule has 8 heteroatoms. The number of allylic oxidation sites excluding steroid dienone is 2. The molecule has 0 aliphatic rings. The average molecular weight is 336 g/mol. The van der Waals surface area contributed by atoms with Crippen molar-refractivity contribution in [3.63, 3.8) is 0 Å². The van der Waals surface area contributed by atoms with Gasteiger partial charge in [0.25, 0.3) is 0 Å². The highest BCUT2D eigenvalue weighted by Crippen LogP contribution is 2.20. The lowest BCUT2D eigenvalue weighted by Gasteiger charge is -2.09. The Kier molecular flexibility index (Phi) is 12.2. The molecule has 0 spiro atoms. The van der Waals surface area contributed by atoms with E-state index in [-0.39, 0.29) is 18.5 Å². The summed E-state index contributed by atoms with van der Waals surface area (Å²) >= 11 is 0. The summed E-state index contributed by atoms with van der Waals surface area (Å²) in [7, 11) is 0. The van der Waals surface area contributed by atoms with E-state index in [2.05, 4.69) is 9.98 Å². The summed E-state index contributed by atoms with van der Waals surface area (Å²) in [5.41, 5.74) is 0.570. The van der Waals surface area contributed by atoms with Crippen LogP contribution in [0.4, 0.5) is 0 Å². The summed E-state index contributed by atoms with van der Waals surface area (Å²) in [4.78, 5) is 48.9. The Morgan fingerprint density at radius 2 is 1.38 bits per heavy atom. The fourth-order valence-electron chi connectivity index (χ4n) is 2.00. The van der Waals surface area contributed by atoms with Gasteiger partial charge in [-0.15, -0.1) is 0 Å². The standard InChI is InChI=1S/C16H20N2O6/c19-11-17-9-3-1-5-13(7-8-15(21)22)14(16(23)24)6-2-4-10-18-12-20/h7-8H,1-6,9-10H2,(H,21,22)(H,23,24). The van der Waals surface area contributed by atoms with E-state index in [1.165, 1.54) is 18.2 Å². The first-order chi connectivity index (χ1) is 11.5. The fraction of sp³-hybridized carbons (Fsp3) is 0.500. The first-order valence-electron chi connectivity index (χ1n) is 7.46. The van der Waals surface area contributed by atoms with Crippen molar-refractivity contribution in [2.45, 2.75) is 38.5 Å². The van der Waals surface area contributed by atoms with Crippen LogP contribution < -0.4 is 0 Å². The first-order valence-corrected chi connectivity index (χ1v) is 7.46. The van der Waals surface area contributed by atoms with Gasteiger partial charge < -0.3 is 10.2 Å². The van der Waals surface area contributed by atoms with Crippen molar-refractivity contribution in [2.75, 3.05) is 13.1 Å². The maximum absolute atomic E-state index is 11.4. The largest absolute Gasteiger partial charge is 0.478 e. The second-order valence-corrected chi connectivity index (χ2v) is 4.84. The third-order valence-electron chi connectivity index (χ3n) is 3.11. The summed E-state index contributed by atoms with van der Waals surface area (Å²) < 4.78 is 0. The monoisotopic (exact) mass is 336 g/mol. The van der Waals surface area contributed by atoms with E-state index < -0.39 is 11.9 Å². The van der Waals surface area contributed by atoms with Gasteiger partial charge in [0.2, 0.25) is 12.2 Å². The minimum absolute atomic E-state index is 0.140. The second-order valence-electron chi connectivity index (χ2n) is 4.84. The molecule has 2 N–H and O–H groups in total. The topological polar surface area (TPSA) is 133 Å². The number of carboxylic acid groups (broad SMARTS) is 2. The molecule has 8 nitrogen and oxygen atoms in total. The molecular formula is C16H20N2O6. The smallest absolute Gasteiger partial charge is 0.331 e. The number of carbonyl (C=O) groups is 2. The Morgan fingerprint density at radius 3 is 1.83 bits per heavy atom. The van der Waals surface area contributed by atoms with Gasteiger partial charge in [-0.2, -0.15) is 0 Å². The van der Waals surface area contributed by atoms with Crippen molar-refractivity contribution >= 4 is 24.1 Å². The molecule has 0 fully saturated rings. The number of hydrogen-bond donors (Lipinski definition) is 2. The Hall–Kier alpha value is -2.82. The predicted molar refractivity (Wildman–Crippen MR) is 85.1 cm³/mol. The number of hydrogen-bond acceptors (Lipinski definition) is 6. The van der Waals surface area contributed by atoms with Gasteiger partial charge in [0, 0.05) is 11.6 Å². The highest BCUT2D eigenvalue weighted by atomic mass is 16.4. The maximum atomic E-state index is 11.4. The van der Waals surface area contributed by atoms with Crippen LogP contribution in [0.15, 0.2) is 33.3 Å². The predicted octanol–water partition coefficient (Wildman–Crippen LogP) is 2.02. The lowest BCUT2D eigenvalue weighted by molar-refractivity contribution is -0.133. The molecule has 0 aromatic carbocycles. The lowest BCUT2D eigenvalue weighted by Crippen LogP contribution is -2.05. The Labute approximate surface area is 139 Å². The minimum Gasteiger partial charge on any atom is -0.478 e. The maximum Gasteiger partial charge on any atom is 0.331 e. The van der Waals surface area contributed by atoms with Crippen molar-refractivity contribution < 1.29 is 29.4 Å². The molecule has 0 aliphatic carbocycles. The van der Waals surface area contributed by atoms with Crippen molar-refractivity contribution in [1.29, 1.82) is 0 Å². The van der Waals surface area contributed by atoms with Gasteiger partial charge in [0.15, 0.2) is 0 Å². The van der Waals surface area contributed by atoms with Crippen molar-refractivity contribution in [1.82, 2.24) is 0 Å². The molecule has 130 valence electrons. The molecule has 0 heterocycles. The Balaban J connectivity index is 5.01. The quantitative estimate of drug-likeness (QED) is 0.174. The highest BCUT2D eigenvalue weighted by Gasteiger charge is 2.13. The Morgan fingerprint density at radius 1 is 0.833 bits per heavy atom. The molecule has 0 amide bonds. The molecule has 0 unspecified atom stereocenters. The van der Waals surface area contributed by atoms with E-state index in [1.807, 2.05) is 0 Å². The molecule has 0 radical (unpaired) electrons. The van der Waals surface area contributed by atoms with Crippen molar-refractivity contribution in [2.24, 2.45) is 9.98 Å². The van der Waals surface area contributed by atoms with Gasteiger partial charge in [-0.1, -0.05) is 6.08 Å². The van der Waals surface area contributed by atoms with Crippen LogP contribution in [0.2, 0.25) is 0 Å². The summed E-state index contributed by atoms with van der Waals surface area (Å²) in [6, 6.07) is 0. The molecule has 0 saturated carbocycles. The lowest BCUT2D eigenvalue weighted by atomic mass is 9.97. The average Bonchev–Trinajstić information content (AvgIpc) is 2.53. The zero-order chi connectivity index (χ0) is 18.2. The number of aliphatic carboxylic acids is 2. The molecule has 0 aromatic heterocycles. The zero-order valence-corrected chi connectivity index (χ0v) is 13.2. The van der Waals surface area contributed by atoms with Gasteiger partial charge in [-0.3, -0.25) is 0 Å². The van der Waals surface area contributed by atoms with E-state index in [9.17, 15) is 24.3 Å². The van der Waals surface area contributed by atoms with Gasteiger partial charge in [0.1, 0.15) is 0 Å². The van der Waals surface area contributed by atoms with Crippen LogP contribution >= 0.6 is 0 Å². The summed E-state index contributed by atoms with van der Waals surface area (Å²) in [5, 5.41) is 18.1. The second kappa shape index (κ2) is 13.8. The number of aliphatic imine (C=N–C) groups is 2. The molecule has 0 rings (SSSR count). The Bertz CT molecular complexity index is 581. The summed E-state index contributed by atoms with van der Waals surface area (Å²) in [6.07, 6.45) is 7.82. The number of carbonyl (C=O) groups excluding carboxylic acids is 2. The number of rotatable bonds is 13. The molecule has 0 bridgehead atoms. The van der Waals surface area contributed by atoms with E-state index >= 15 is 0 Å². The molecule has 0 saturated heterocycles. The highest BCUT2D eigenvalue weighted by molar-refractivity contribution is 5.89. The first kappa shape index (κ1) is 21.2. The summed E-state index contributed by atoms with van der Waals surface area (Å²) in [6.45, 7) is 0.575. The molecule has 0 atom stereocenters. The van der Waals surface area contributed by atoms with Gasteiger partial charge in [-0.05, 0) is 44.1 Å². The van der Waals surface area contributed by atoms with Crippen LogP contribution in [-0.4, -0.2) is 47.4 Å². The molecular weight excluding hydrogens is 316 g/mol.